The third-order valence-electron chi connectivity index (χ3n) is 3.73. The Labute approximate surface area is 117 Å². The summed E-state index contributed by atoms with van der Waals surface area (Å²) < 4.78 is 0. The van der Waals surface area contributed by atoms with Gasteiger partial charge in [-0.25, -0.2) is 10.8 Å². The number of hydrazine groups is 1. The van der Waals surface area contributed by atoms with Gasteiger partial charge in [-0.05, 0) is 26.8 Å². The second-order valence-electron chi connectivity index (χ2n) is 5.19. The van der Waals surface area contributed by atoms with Crippen molar-refractivity contribution in [3.8, 4) is 0 Å². The minimum atomic E-state index is -0.453. The Balaban J connectivity index is 2.12. The van der Waals surface area contributed by atoms with E-state index in [1.165, 1.54) is 12.1 Å². The van der Waals surface area contributed by atoms with E-state index in [1.54, 1.807) is 0 Å². The van der Waals surface area contributed by atoms with Crippen molar-refractivity contribution in [3.05, 3.63) is 22.2 Å². The molecular formula is C12H20N6O2. The van der Waals surface area contributed by atoms with E-state index in [-0.39, 0.29) is 17.5 Å². The van der Waals surface area contributed by atoms with E-state index in [4.69, 9.17) is 5.84 Å². The fraction of sp³-hybridized carbons (Fsp3) is 0.583. The number of nitro groups is 1. The third-order valence-corrected chi connectivity index (χ3v) is 3.73. The predicted octanol–water partition coefficient (Wildman–Crippen LogP) is 1.17. The number of nitrogens with one attached hydrogen (secondary N) is 2. The van der Waals surface area contributed by atoms with Crippen molar-refractivity contribution < 1.29 is 4.92 Å². The van der Waals surface area contributed by atoms with E-state index in [0.717, 1.165) is 19.4 Å². The fourth-order valence-electron chi connectivity index (χ4n) is 2.40. The molecule has 1 saturated heterocycles. The van der Waals surface area contributed by atoms with E-state index in [0.29, 0.717) is 11.9 Å². The van der Waals surface area contributed by atoms with Crippen LogP contribution in [-0.4, -0.2) is 40.5 Å². The summed E-state index contributed by atoms with van der Waals surface area (Å²) in [6.07, 6.45) is 1.96. The first-order chi connectivity index (χ1) is 9.49. The van der Waals surface area contributed by atoms with Gasteiger partial charge in [0.1, 0.15) is 11.6 Å². The molecule has 0 aromatic carbocycles. The average molecular weight is 280 g/mol. The SMILES string of the molecule is CC1CC(Nc2cc([N+](=O)[O-])cc(NN)n2)CCN1C. The fourth-order valence-corrected chi connectivity index (χ4v) is 2.40. The molecule has 0 radical (unpaired) electrons. The maximum absolute atomic E-state index is 10.9. The number of nitrogens with zero attached hydrogens (tertiary/aromatic N) is 3. The van der Waals surface area contributed by atoms with E-state index < -0.39 is 4.92 Å². The van der Waals surface area contributed by atoms with Gasteiger partial charge in [0.2, 0.25) is 0 Å². The van der Waals surface area contributed by atoms with Crippen molar-refractivity contribution in [1.82, 2.24) is 9.88 Å². The maximum Gasteiger partial charge on any atom is 0.276 e. The zero-order valence-electron chi connectivity index (χ0n) is 11.7. The summed E-state index contributed by atoms with van der Waals surface area (Å²) in [6.45, 7) is 3.16. The highest BCUT2D eigenvalue weighted by atomic mass is 16.6. The molecule has 0 aliphatic carbocycles. The summed E-state index contributed by atoms with van der Waals surface area (Å²) in [5, 5.41) is 14.1. The van der Waals surface area contributed by atoms with Gasteiger partial charge in [-0.15, -0.1) is 0 Å². The lowest BCUT2D eigenvalue weighted by molar-refractivity contribution is -0.384. The first-order valence-corrected chi connectivity index (χ1v) is 6.59. The van der Waals surface area contributed by atoms with E-state index >= 15 is 0 Å². The molecule has 0 spiro atoms. The second-order valence-corrected chi connectivity index (χ2v) is 5.19. The second kappa shape index (κ2) is 6.02. The Morgan fingerprint density at radius 2 is 2.20 bits per heavy atom. The van der Waals surface area contributed by atoms with E-state index in [2.05, 4.69) is 34.6 Å². The maximum atomic E-state index is 10.9. The van der Waals surface area contributed by atoms with Crippen LogP contribution in [0.3, 0.4) is 0 Å². The molecule has 2 heterocycles. The quantitative estimate of drug-likeness (QED) is 0.431. The molecule has 1 aromatic heterocycles. The topological polar surface area (TPSA) is 109 Å². The lowest BCUT2D eigenvalue weighted by atomic mass is 9.99. The van der Waals surface area contributed by atoms with Crippen LogP contribution >= 0.6 is 0 Å². The molecule has 4 N–H and O–H groups in total. The number of piperidine rings is 1. The van der Waals surface area contributed by atoms with Crippen LogP contribution in [0.1, 0.15) is 19.8 Å². The van der Waals surface area contributed by atoms with Gasteiger partial charge < -0.3 is 15.6 Å². The molecule has 1 fully saturated rings. The third kappa shape index (κ3) is 3.34. The predicted molar refractivity (Wildman–Crippen MR) is 77.4 cm³/mol. The van der Waals surface area contributed by atoms with Crippen molar-refractivity contribution in [2.45, 2.75) is 31.8 Å². The molecule has 2 atom stereocenters. The number of pyridine rings is 1. The van der Waals surface area contributed by atoms with Crippen LogP contribution in [0, 0.1) is 10.1 Å². The molecule has 2 unspecified atom stereocenters. The molecular weight excluding hydrogens is 260 g/mol. The van der Waals surface area contributed by atoms with Gasteiger partial charge in [0.25, 0.3) is 5.69 Å². The van der Waals surface area contributed by atoms with Gasteiger partial charge in [0.15, 0.2) is 0 Å². The molecule has 0 amide bonds. The highest BCUT2D eigenvalue weighted by Crippen LogP contribution is 2.23. The van der Waals surface area contributed by atoms with Gasteiger partial charge in [0, 0.05) is 18.6 Å². The van der Waals surface area contributed by atoms with Crippen molar-refractivity contribution in [2.75, 3.05) is 24.3 Å². The minimum Gasteiger partial charge on any atom is -0.367 e. The lowest BCUT2D eigenvalue weighted by Crippen LogP contribution is -2.42. The van der Waals surface area contributed by atoms with Gasteiger partial charge in [0.05, 0.1) is 17.1 Å². The number of hydrogen-bond donors (Lipinski definition) is 3. The number of anilines is 2. The van der Waals surface area contributed by atoms with Crippen LogP contribution in [-0.2, 0) is 0 Å². The first-order valence-electron chi connectivity index (χ1n) is 6.59. The van der Waals surface area contributed by atoms with Crippen molar-refractivity contribution in [3.63, 3.8) is 0 Å². The highest BCUT2D eigenvalue weighted by Gasteiger charge is 2.23. The number of rotatable bonds is 4. The summed E-state index contributed by atoms with van der Waals surface area (Å²) in [5.41, 5.74) is 2.32. The van der Waals surface area contributed by atoms with Gasteiger partial charge in [-0.2, -0.15) is 0 Å². The Morgan fingerprint density at radius 1 is 1.50 bits per heavy atom. The zero-order valence-corrected chi connectivity index (χ0v) is 11.7. The van der Waals surface area contributed by atoms with Crippen molar-refractivity contribution in [2.24, 2.45) is 5.84 Å². The molecule has 2 rings (SSSR count). The summed E-state index contributed by atoms with van der Waals surface area (Å²) in [5.74, 6) is 6.05. The van der Waals surface area contributed by atoms with Gasteiger partial charge in [-0.1, -0.05) is 0 Å². The molecule has 8 heteroatoms. The Bertz CT molecular complexity index is 495. The zero-order chi connectivity index (χ0) is 14.7. The van der Waals surface area contributed by atoms with E-state index in [1.807, 2.05) is 0 Å². The lowest BCUT2D eigenvalue weighted by Gasteiger charge is -2.35. The Hall–Kier alpha value is -1.93. The summed E-state index contributed by atoms with van der Waals surface area (Å²) >= 11 is 0. The van der Waals surface area contributed by atoms with Crippen LogP contribution in [0.25, 0.3) is 0 Å². The van der Waals surface area contributed by atoms with Crippen molar-refractivity contribution >= 4 is 17.3 Å². The van der Waals surface area contributed by atoms with Gasteiger partial charge in [-0.3, -0.25) is 10.1 Å². The van der Waals surface area contributed by atoms with Crippen LogP contribution in [0.15, 0.2) is 12.1 Å². The van der Waals surface area contributed by atoms with Crippen molar-refractivity contribution in [1.29, 1.82) is 0 Å². The van der Waals surface area contributed by atoms with E-state index in [9.17, 15) is 10.1 Å². The highest BCUT2D eigenvalue weighted by molar-refractivity contribution is 5.54. The summed E-state index contributed by atoms with van der Waals surface area (Å²) in [7, 11) is 2.10. The standard InChI is InChI=1S/C12H20N6O2/c1-8-5-9(3-4-17(8)2)14-11-6-10(18(19)20)7-12(15-11)16-13/h6-9H,3-5,13H2,1-2H3,(H2,14,15,16). The molecule has 8 nitrogen and oxygen atoms in total. The molecule has 1 aliphatic heterocycles. The smallest absolute Gasteiger partial charge is 0.276 e. The number of aromatic nitrogens is 1. The molecule has 0 bridgehead atoms. The number of hydrogen-bond acceptors (Lipinski definition) is 7. The number of likely N-dealkylation sites (tertiary alicyclic amines) is 1. The average Bonchev–Trinajstić information content (AvgIpc) is 2.42. The Morgan fingerprint density at radius 3 is 2.80 bits per heavy atom. The molecule has 1 aliphatic rings. The Kier molecular flexibility index (Phi) is 4.35. The van der Waals surface area contributed by atoms with Crippen LogP contribution < -0.4 is 16.6 Å². The largest absolute Gasteiger partial charge is 0.367 e. The molecule has 1 aromatic rings. The first kappa shape index (κ1) is 14.5. The minimum absolute atomic E-state index is 0.0311. The number of nitrogen functional groups attached to an aromatic ring is 1. The van der Waals surface area contributed by atoms with Crippen LogP contribution in [0.4, 0.5) is 17.3 Å². The van der Waals surface area contributed by atoms with Crippen LogP contribution in [0.5, 0.6) is 0 Å². The summed E-state index contributed by atoms with van der Waals surface area (Å²) in [6, 6.07) is 3.49. The van der Waals surface area contributed by atoms with Crippen LogP contribution in [0.2, 0.25) is 0 Å². The normalized spacial score (nSPS) is 23.4. The molecule has 0 saturated carbocycles. The summed E-state index contributed by atoms with van der Waals surface area (Å²) in [4.78, 5) is 16.9. The van der Waals surface area contributed by atoms with Gasteiger partial charge >= 0.3 is 0 Å². The number of nitrogens with two attached hydrogens (primary N) is 1. The molecule has 110 valence electrons. The monoisotopic (exact) mass is 280 g/mol. The molecule has 20 heavy (non-hydrogen) atoms.